The van der Waals surface area contributed by atoms with Crippen LogP contribution in [0, 0.1) is 11.8 Å². The Labute approximate surface area is 160 Å². The number of nitrogens with one attached hydrogen (secondary N) is 1. The third-order valence-electron chi connectivity index (χ3n) is 5.38. The summed E-state index contributed by atoms with van der Waals surface area (Å²) < 4.78 is 0. The third kappa shape index (κ3) is 4.51. The van der Waals surface area contributed by atoms with Gasteiger partial charge in [-0.25, -0.2) is 0 Å². The van der Waals surface area contributed by atoms with Crippen molar-refractivity contribution < 1.29 is 9.90 Å². The third-order valence-corrected chi connectivity index (χ3v) is 5.93. The second-order valence-electron chi connectivity index (χ2n) is 7.16. The van der Waals surface area contributed by atoms with Crippen LogP contribution in [0.1, 0.15) is 24.0 Å². The van der Waals surface area contributed by atoms with Crippen molar-refractivity contribution in [2.45, 2.75) is 38.2 Å². The monoisotopic (exact) mass is 380 g/mol. The van der Waals surface area contributed by atoms with Crippen LogP contribution in [0.25, 0.3) is 0 Å². The van der Waals surface area contributed by atoms with E-state index in [1.807, 2.05) is 6.07 Å². The van der Waals surface area contributed by atoms with Crippen molar-refractivity contribution in [3.05, 3.63) is 33.3 Å². The lowest BCUT2D eigenvalue weighted by Gasteiger charge is -2.30. The molecule has 2 heterocycles. The van der Waals surface area contributed by atoms with Crippen molar-refractivity contribution in [1.82, 2.24) is 10.2 Å². The van der Waals surface area contributed by atoms with Crippen molar-refractivity contribution in [1.29, 1.82) is 0 Å². The number of halogens is 2. The van der Waals surface area contributed by atoms with Crippen molar-refractivity contribution in [2.24, 2.45) is 11.8 Å². The highest BCUT2D eigenvalue weighted by atomic mass is 35.5. The van der Waals surface area contributed by atoms with E-state index < -0.39 is 5.97 Å². The number of rotatable bonds is 6. The van der Waals surface area contributed by atoms with E-state index in [2.05, 4.69) is 10.2 Å². The summed E-state index contributed by atoms with van der Waals surface area (Å²) in [6.07, 6.45) is 3.22. The highest BCUT2D eigenvalue weighted by molar-refractivity contribution is 6.35. The number of fused-ring (bicyclic) bond motifs is 1. The summed E-state index contributed by atoms with van der Waals surface area (Å²) >= 11 is 12.4. The van der Waals surface area contributed by atoms with Crippen LogP contribution in [0.4, 0.5) is 0 Å². The van der Waals surface area contributed by atoms with Gasteiger partial charge in [0.1, 0.15) is 0 Å². The lowest BCUT2D eigenvalue weighted by Crippen LogP contribution is -2.44. The summed E-state index contributed by atoms with van der Waals surface area (Å²) in [5, 5.41) is 14.4. The Hall–Kier alpha value is -0.745. The molecule has 134 valence electrons. The van der Waals surface area contributed by atoms with E-state index in [1.54, 1.807) is 6.07 Å². The minimum absolute atomic E-state index is 0.194. The van der Waals surface area contributed by atoms with E-state index in [-0.39, 0.29) is 17.9 Å². The van der Waals surface area contributed by atoms with Gasteiger partial charge in [0.15, 0.2) is 0 Å². The molecule has 0 saturated carbocycles. The quantitative estimate of drug-likeness (QED) is 0.745. The average Bonchev–Trinajstić information content (AvgIpc) is 2.96. The molecule has 1 aromatic carbocycles. The maximum Gasteiger partial charge on any atom is 0.308 e. The minimum atomic E-state index is -0.691. The zero-order valence-electron chi connectivity index (χ0n) is 14.2. The van der Waals surface area contributed by atoms with Crippen LogP contribution < -0.4 is 5.32 Å². The molecule has 2 aliphatic heterocycles. The van der Waals surface area contributed by atoms with Crippen molar-refractivity contribution in [3.8, 4) is 0 Å². The molecule has 1 saturated heterocycles. The molecule has 3 atom stereocenters. The van der Waals surface area contributed by atoms with Crippen molar-refractivity contribution in [3.63, 3.8) is 0 Å². The summed E-state index contributed by atoms with van der Waals surface area (Å²) in [4.78, 5) is 13.8. The number of aliphatic carboxylic acids is 1. The highest BCUT2D eigenvalue weighted by Crippen LogP contribution is 2.31. The van der Waals surface area contributed by atoms with E-state index in [0.717, 1.165) is 55.0 Å². The first-order valence-electron chi connectivity index (χ1n) is 8.83. The minimum Gasteiger partial charge on any atom is -0.481 e. The first-order valence-corrected chi connectivity index (χ1v) is 9.59. The molecule has 1 unspecified atom stereocenters. The van der Waals surface area contributed by atoms with Gasteiger partial charge in [-0.3, -0.25) is 4.79 Å². The van der Waals surface area contributed by atoms with E-state index in [0.29, 0.717) is 17.9 Å². The summed E-state index contributed by atoms with van der Waals surface area (Å²) in [5.41, 5.74) is 2.31. The molecule has 1 aromatic rings. The molecule has 0 amide bonds. The van der Waals surface area contributed by atoms with Gasteiger partial charge >= 0.3 is 5.97 Å². The maximum absolute atomic E-state index is 11.5. The normalized spacial score (nSPS) is 26.6. The molecular formula is C18H23BCl2N2O2. The number of nitrogens with zero attached hydrogens (tertiary/aromatic N) is 1. The molecule has 2 N–H and O–H groups in total. The number of carboxylic acids is 1. The van der Waals surface area contributed by atoms with Gasteiger partial charge in [-0.05, 0) is 42.0 Å². The molecule has 3 rings (SSSR count). The molecule has 0 spiro atoms. The standard InChI is InChI=1S/C18H23BCl2N2O2/c19-3-1-2-11-8-23(10-16(11)18(24)25)9-14-6-15-12(7-22-14)4-13(20)5-17(15)21/h4-5,11,14,16,22H,1-3,6-10H2,(H,24,25)/t11-,14?,16+/m0/s1. The summed E-state index contributed by atoms with van der Waals surface area (Å²) in [7, 11) is 5.59. The Morgan fingerprint density at radius 2 is 2.16 bits per heavy atom. The Bertz CT molecular complexity index is 644. The van der Waals surface area contributed by atoms with Crippen LogP contribution in [-0.4, -0.2) is 49.5 Å². The fraction of sp³-hybridized carbons (Fsp3) is 0.611. The van der Waals surface area contributed by atoms with Gasteiger partial charge in [-0.2, -0.15) is 0 Å². The number of benzene rings is 1. The topological polar surface area (TPSA) is 52.6 Å². The summed E-state index contributed by atoms with van der Waals surface area (Å²) in [6, 6.07) is 4.03. The highest BCUT2D eigenvalue weighted by Gasteiger charge is 2.38. The fourth-order valence-electron chi connectivity index (χ4n) is 4.12. The van der Waals surface area contributed by atoms with Gasteiger partial charge in [-0.1, -0.05) is 35.9 Å². The van der Waals surface area contributed by atoms with Crippen LogP contribution in [-0.2, 0) is 17.8 Å². The number of hydrogen-bond acceptors (Lipinski definition) is 3. The predicted octanol–water partition coefficient (Wildman–Crippen LogP) is 3.01. The van der Waals surface area contributed by atoms with Crippen molar-refractivity contribution in [2.75, 3.05) is 19.6 Å². The molecule has 4 nitrogen and oxygen atoms in total. The molecule has 1 fully saturated rings. The first-order chi connectivity index (χ1) is 12.0. The predicted molar refractivity (Wildman–Crippen MR) is 102 cm³/mol. The average molecular weight is 381 g/mol. The molecule has 2 aliphatic rings. The molecular weight excluding hydrogens is 358 g/mol. The van der Waals surface area contributed by atoms with Gasteiger partial charge in [0.05, 0.1) is 13.8 Å². The zero-order valence-corrected chi connectivity index (χ0v) is 15.7. The largest absolute Gasteiger partial charge is 0.481 e. The van der Waals surface area contributed by atoms with Crippen LogP contribution in [0.2, 0.25) is 16.4 Å². The molecule has 0 aromatic heterocycles. The molecule has 0 bridgehead atoms. The summed E-state index contributed by atoms with van der Waals surface area (Å²) in [5.74, 6) is -0.784. The Morgan fingerprint density at radius 1 is 1.36 bits per heavy atom. The molecule has 25 heavy (non-hydrogen) atoms. The van der Waals surface area contributed by atoms with E-state index >= 15 is 0 Å². The SMILES string of the molecule is [B]CCC[C@H]1CN(CC2Cc3c(Cl)cc(Cl)cc3CN2)C[C@H]1C(=O)O. The lowest BCUT2D eigenvalue weighted by molar-refractivity contribution is -0.142. The van der Waals surface area contributed by atoms with Gasteiger partial charge in [-0.15, -0.1) is 0 Å². The number of hydrogen-bond donors (Lipinski definition) is 2. The Balaban J connectivity index is 1.62. The van der Waals surface area contributed by atoms with Crippen LogP contribution >= 0.6 is 23.2 Å². The second-order valence-corrected chi connectivity index (χ2v) is 8.01. The Morgan fingerprint density at radius 3 is 2.88 bits per heavy atom. The van der Waals surface area contributed by atoms with E-state index in [1.165, 1.54) is 0 Å². The van der Waals surface area contributed by atoms with Crippen LogP contribution in [0.15, 0.2) is 12.1 Å². The Kier molecular flexibility index (Phi) is 6.32. The molecule has 7 heteroatoms. The second kappa shape index (κ2) is 8.30. The first kappa shape index (κ1) is 19.0. The number of likely N-dealkylation sites (tertiary alicyclic amines) is 1. The zero-order chi connectivity index (χ0) is 18.0. The lowest BCUT2D eigenvalue weighted by atomic mass is 9.88. The van der Waals surface area contributed by atoms with Gasteiger partial charge in [0.2, 0.25) is 0 Å². The van der Waals surface area contributed by atoms with Gasteiger partial charge in [0.25, 0.3) is 0 Å². The fourth-order valence-corrected chi connectivity index (χ4v) is 4.73. The van der Waals surface area contributed by atoms with Crippen LogP contribution in [0.5, 0.6) is 0 Å². The van der Waals surface area contributed by atoms with Gasteiger partial charge in [0, 0.05) is 42.3 Å². The number of carbonyl (C=O) groups is 1. The van der Waals surface area contributed by atoms with E-state index in [4.69, 9.17) is 31.0 Å². The number of carboxylic acid groups (broad SMARTS) is 1. The maximum atomic E-state index is 11.5. The van der Waals surface area contributed by atoms with Gasteiger partial charge < -0.3 is 15.3 Å². The van der Waals surface area contributed by atoms with Crippen LogP contribution in [0.3, 0.4) is 0 Å². The summed E-state index contributed by atoms with van der Waals surface area (Å²) in [6.45, 7) is 3.02. The smallest absolute Gasteiger partial charge is 0.308 e. The molecule has 2 radical (unpaired) electrons. The van der Waals surface area contributed by atoms with Crippen molar-refractivity contribution >= 4 is 37.0 Å². The van der Waals surface area contributed by atoms with E-state index in [9.17, 15) is 9.90 Å². The molecule has 0 aliphatic carbocycles.